The van der Waals surface area contributed by atoms with Crippen molar-refractivity contribution in [2.75, 3.05) is 20.8 Å². The predicted molar refractivity (Wildman–Crippen MR) is 110 cm³/mol. The van der Waals surface area contributed by atoms with Gasteiger partial charge in [0.15, 0.2) is 0 Å². The fourth-order valence-corrected chi connectivity index (χ4v) is 4.22. The molecule has 28 heavy (non-hydrogen) atoms. The number of ether oxygens (including phenoxy) is 2. The molecular weight excluding hydrogens is 354 g/mol. The number of aliphatic hydroxyl groups is 1. The molecule has 1 aliphatic rings. The SMILES string of the molecule is COC(=O)[C@H]1CC[C@@H](/C=C(\CO)c2cc(-n3c(C)ccc3C)ccc2OC)C1. The number of nitrogens with zero attached hydrogens (tertiary/aromatic N) is 1. The first-order chi connectivity index (χ1) is 13.5. The first-order valence-electron chi connectivity index (χ1n) is 9.71. The van der Waals surface area contributed by atoms with Gasteiger partial charge in [-0.2, -0.15) is 0 Å². The maximum atomic E-state index is 11.8. The minimum atomic E-state index is -0.139. The number of allylic oxidation sites excluding steroid dienone is 1. The third-order valence-corrected chi connectivity index (χ3v) is 5.67. The molecule has 5 nitrogen and oxygen atoms in total. The lowest BCUT2D eigenvalue weighted by atomic mass is 9.97. The van der Waals surface area contributed by atoms with Crippen molar-refractivity contribution in [1.29, 1.82) is 0 Å². The van der Waals surface area contributed by atoms with E-state index in [0.717, 1.165) is 53.2 Å². The molecule has 2 aromatic rings. The van der Waals surface area contributed by atoms with Gasteiger partial charge < -0.3 is 19.1 Å². The Morgan fingerprint density at radius 2 is 1.89 bits per heavy atom. The van der Waals surface area contributed by atoms with Crippen LogP contribution in [0.4, 0.5) is 0 Å². The second-order valence-corrected chi connectivity index (χ2v) is 7.48. The molecule has 0 amide bonds. The van der Waals surface area contributed by atoms with E-state index in [-0.39, 0.29) is 24.4 Å². The molecule has 0 spiro atoms. The molecule has 0 bridgehead atoms. The summed E-state index contributed by atoms with van der Waals surface area (Å²) in [6, 6.07) is 10.2. The highest BCUT2D eigenvalue weighted by atomic mass is 16.5. The molecular formula is C23H29NO4. The average molecular weight is 383 g/mol. The molecule has 0 unspecified atom stereocenters. The monoisotopic (exact) mass is 383 g/mol. The summed E-state index contributed by atoms with van der Waals surface area (Å²) in [5.41, 5.74) is 5.06. The van der Waals surface area contributed by atoms with Crippen LogP contribution in [0.25, 0.3) is 11.3 Å². The average Bonchev–Trinajstić information content (AvgIpc) is 3.31. The minimum absolute atomic E-state index is 0.0513. The maximum Gasteiger partial charge on any atom is 0.308 e. The third kappa shape index (κ3) is 3.99. The number of esters is 1. The first-order valence-corrected chi connectivity index (χ1v) is 9.71. The molecule has 0 saturated heterocycles. The number of benzene rings is 1. The fraction of sp³-hybridized carbons (Fsp3) is 0.435. The van der Waals surface area contributed by atoms with E-state index in [1.165, 1.54) is 7.11 Å². The molecule has 2 atom stereocenters. The van der Waals surface area contributed by atoms with E-state index in [1.54, 1.807) is 7.11 Å². The van der Waals surface area contributed by atoms with Crippen LogP contribution in [0.1, 0.15) is 36.2 Å². The molecule has 5 heteroatoms. The molecule has 1 aliphatic carbocycles. The van der Waals surface area contributed by atoms with Gasteiger partial charge in [-0.05, 0) is 74.9 Å². The Labute approximate surface area is 166 Å². The normalized spacial score (nSPS) is 19.7. The third-order valence-electron chi connectivity index (χ3n) is 5.67. The Morgan fingerprint density at radius 3 is 2.50 bits per heavy atom. The Balaban J connectivity index is 1.95. The minimum Gasteiger partial charge on any atom is -0.496 e. The van der Waals surface area contributed by atoms with Gasteiger partial charge in [0.2, 0.25) is 0 Å². The number of hydrogen-bond donors (Lipinski definition) is 1. The lowest BCUT2D eigenvalue weighted by Crippen LogP contribution is -2.12. The van der Waals surface area contributed by atoms with Gasteiger partial charge in [-0.1, -0.05) is 6.08 Å². The molecule has 1 aromatic carbocycles. The van der Waals surface area contributed by atoms with Crippen molar-refractivity contribution in [3.63, 3.8) is 0 Å². The van der Waals surface area contributed by atoms with Gasteiger partial charge in [-0.15, -0.1) is 0 Å². The Bertz CT molecular complexity index is 861. The van der Waals surface area contributed by atoms with Crippen LogP contribution < -0.4 is 4.74 Å². The van der Waals surface area contributed by atoms with Crippen molar-refractivity contribution >= 4 is 11.5 Å². The van der Waals surface area contributed by atoms with E-state index in [0.29, 0.717) is 0 Å². The second kappa shape index (κ2) is 8.65. The van der Waals surface area contributed by atoms with Gasteiger partial charge in [-0.3, -0.25) is 4.79 Å². The van der Waals surface area contributed by atoms with Gasteiger partial charge in [0, 0.05) is 22.6 Å². The van der Waals surface area contributed by atoms with Gasteiger partial charge in [0.05, 0.1) is 26.7 Å². The molecule has 0 radical (unpaired) electrons. The standard InChI is InChI=1S/C23H29NO4/c1-15-5-6-16(2)24(15)20-9-10-22(27-3)21(13-20)19(14-25)12-17-7-8-18(11-17)23(26)28-4/h5-6,9-10,12-13,17-18,25H,7-8,11,14H2,1-4H3/b19-12+/t17-,18+/m1/s1. The Kier molecular flexibility index (Phi) is 6.25. The van der Waals surface area contributed by atoms with Crippen LogP contribution in [-0.4, -0.2) is 36.5 Å². The Hall–Kier alpha value is -2.53. The Morgan fingerprint density at radius 1 is 1.18 bits per heavy atom. The van der Waals surface area contributed by atoms with Crippen LogP contribution in [0.2, 0.25) is 0 Å². The van der Waals surface area contributed by atoms with E-state index in [2.05, 4.69) is 42.7 Å². The van der Waals surface area contributed by atoms with Crippen molar-refractivity contribution in [2.45, 2.75) is 33.1 Å². The van der Waals surface area contributed by atoms with Crippen LogP contribution >= 0.6 is 0 Å². The number of carbonyl (C=O) groups is 1. The number of methoxy groups -OCH3 is 2. The summed E-state index contributed by atoms with van der Waals surface area (Å²) < 4.78 is 12.6. The van der Waals surface area contributed by atoms with Gasteiger partial charge in [0.25, 0.3) is 0 Å². The molecule has 1 heterocycles. The summed E-state index contributed by atoms with van der Waals surface area (Å²) in [7, 11) is 3.08. The predicted octanol–water partition coefficient (Wildman–Crippen LogP) is 4.07. The van der Waals surface area contributed by atoms with Crippen molar-refractivity contribution in [1.82, 2.24) is 4.57 Å². The molecule has 1 saturated carbocycles. The van der Waals surface area contributed by atoms with E-state index in [4.69, 9.17) is 9.47 Å². The highest BCUT2D eigenvalue weighted by molar-refractivity contribution is 5.75. The summed E-state index contributed by atoms with van der Waals surface area (Å²) in [5.74, 6) is 0.785. The summed E-state index contributed by atoms with van der Waals surface area (Å²) in [4.78, 5) is 11.8. The van der Waals surface area contributed by atoms with Crippen LogP contribution in [0.5, 0.6) is 5.75 Å². The van der Waals surface area contributed by atoms with E-state index in [9.17, 15) is 9.90 Å². The van der Waals surface area contributed by atoms with Crippen LogP contribution in [0.15, 0.2) is 36.4 Å². The molecule has 1 aromatic heterocycles. The van der Waals surface area contributed by atoms with Crippen LogP contribution in [0, 0.1) is 25.7 Å². The van der Waals surface area contributed by atoms with E-state index in [1.807, 2.05) is 12.1 Å². The molecule has 3 rings (SSSR count). The summed E-state index contributed by atoms with van der Waals surface area (Å²) in [6.45, 7) is 4.07. The zero-order valence-electron chi connectivity index (χ0n) is 17.1. The number of aliphatic hydroxyl groups excluding tert-OH is 1. The van der Waals surface area contributed by atoms with Crippen LogP contribution in [0.3, 0.4) is 0 Å². The second-order valence-electron chi connectivity index (χ2n) is 7.48. The van der Waals surface area contributed by atoms with Gasteiger partial charge in [-0.25, -0.2) is 0 Å². The molecule has 0 aliphatic heterocycles. The summed E-state index contributed by atoms with van der Waals surface area (Å²) in [6.07, 6.45) is 4.60. The maximum absolute atomic E-state index is 11.8. The van der Waals surface area contributed by atoms with Crippen molar-refractivity contribution in [2.24, 2.45) is 11.8 Å². The van der Waals surface area contributed by atoms with E-state index < -0.39 is 0 Å². The van der Waals surface area contributed by atoms with Crippen molar-refractivity contribution < 1.29 is 19.4 Å². The molecule has 1 fully saturated rings. The lowest BCUT2D eigenvalue weighted by molar-refractivity contribution is -0.145. The van der Waals surface area contributed by atoms with Crippen LogP contribution in [-0.2, 0) is 9.53 Å². The van der Waals surface area contributed by atoms with Gasteiger partial charge >= 0.3 is 5.97 Å². The zero-order valence-corrected chi connectivity index (χ0v) is 17.1. The number of rotatable bonds is 6. The van der Waals surface area contributed by atoms with E-state index >= 15 is 0 Å². The quantitative estimate of drug-likeness (QED) is 0.764. The summed E-state index contributed by atoms with van der Waals surface area (Å²) in [5, 5.41) is 10.1. The lowest BCUT2D eigenvalue weighted by Gasteiger charge is -2.17. The molecule has 1 N–H and O–H groups in total. The van der Waals surface area contributed by atoms with Crippen molar-refractivity contribution in [3.8, 4) is 11.4 Å². The highest BCUT2D eigenvalue weighted by Gasteiger charge is 2.30. The number of hydrogen-bond acceptors (Lipinski definition) is 4. The number of carbonyl (C=O) groups excluding carboxylic acids is 1. The number of aryl methyl sites for hydroxylation is 2. The number of aromatic nitrogens is 1. The van der Waals surface area contributed by atoms with Gasteiger partial charge in [0.1, 0.15) is 5.75 Å². The fourth-order valence-electron chi connectivity index (χ4n) is 4.22. The smallest absolute Gasteiger partial charge is 0.308 e. The largest absolute Gasteiger partial charge is 0.496 e. The topological polar surface area (TPSA) is 60.7 Å². The van der Waals surface area contributed by atoms with Crippen molar-refractivity contribution in [3.05, 3.63) is 53.4 Å². The zero-order chi connectivity index (χ0) is 20.3. The first kappa shape index (κ1) is 20.2. The summed E-state index contributed by atoms with van der Waals surface area (Å²) >= 11 is 0. The highest BCUT2D eigenvalue weighted by Crippen LogP contribution is 2.36. The molecule has 150 valence electrons.